The molecule has 0 saturated carbocycles. The lowest BCUT2D eigenvalue weighted by atomic mass is 9.78. The van der Waals surface area contributed by atoms with Gasteiger partial charge in [0, 0.05) is 0 Å². The molecule has 0 aliphatic carbocycles. The van der Waals surface area contributed by atoms with Crippen LogP contribution in [-0.2, 0) is 0 Å². The maximum atomic E-state index is 2.38. The fourth-order valence-electron chi connectivity index (χ4n) is 13.6. The smallest absolute Gasteiger partial charge is 0.00141 e. The predicted molar refractivity (Wildman–Crippen MR) is 352 cm³/mol. The first kappa shape index (κ1) is 47.3. The Kier molecular flexibility index (Phi) is 11.3. The van der Waals surface area contributed by atoms with E-state index in [0.717, 1.165) is 11.1 Å². The van der Waals surface area contributed by atoms with Crippen molar-refractivity contribution in [1.29, 1.82) is 0 Å². The number of hydrogen-bond acceptors (Lipinski definition) is 0. The van der Waals surface area contributed by atoms with E-state index in [-0.39, 0.29) is 0 Å². The number of rotatable bonds is 8. The highest BCUT2D eigenvalue weighted by Crippen LogP contribution is 2.53. The van der Waals surface area contributed by atoms with Crippen LogP contribution in [-0.4, -0.2) is 0 Å². The average Bonchev–Trinajstić information content (AvgIpc) is 3.00. The van der Waals surface area contributed by atoms with E-state index in [1.54, 1.807) is 0 Å². The van der Waals surface area contributed by atoms with Crippen LogP contribution >= 0.6 is 0 Å². The molecule has 0 spiro atoms. The Morgan fingerprint density at radius 1 is 0.110 bits per heavy atom. The monoisotopic (exact) mass is 1040 g/mol. The molecule has 380 valence electrons. The summed E-state index contributed by atoms with van der Waals surface area (Å²) in [5.74, 6) is 0. The van der Waals surface area contributed by atoms with Gasteiger partial charge in [0.2, 0.25) is 0 Å². The summed E-state index contributed by atoms with van der Waals surface area (Å²) < 4.78 is 0. The summed E-state index contributed by atoms with van der Waals surface area (Å²) in [5.41, 5.74) is 19.4. The van der Waals surface area contributed by atoms with Gasteiger partial charge < -0.3 is 0 Å². The largest absolute Gasteiger partial charge is 0.0622 e. The van der Waals surface area contributed by atoms with E-state index in [1.165, 1.54) is 153 Å². The minimum Gasteiger partial charge on any atom is -0.0622 e. The van der Waals surface area contributed by atoms with E-state index in [1.807, 2.05) is 0 Å². The predicted octanol–water partition coefficient (Wildman–Crippen LogP) is 23.1. The van der Waals surface area contributed by atoms with Crippen LogP contribution in [0.2, 0.25) is 0 Å². The van der Waals surface area contributed by atoms with Crippen molar-refractivity contribution >= 4 is 75.4 Å². The summed E-state index contributed by atoms with van der Waals surface area (Å²) in [6, 6.07) is 117. The van der Waals surface area contributed by atoms with E-state index >= 15 is 0 Å². The first-order valence-corrected chi connectivity index (χ1v) is 28.5. The van der Waals surface area contributed by atoms with Crippen LogP contribution in [0.15, 0.2) is 315 Å². The molecule has 0 fully saturated rings. The number of benzene rings is 16. The summed E-state index contributed by atoms with van der Waals surface area (Å²) in [6.45, 7) is 0. The van der Waals surface area contributed by atoms with Gasteiger partial charge in [0.15, 0.2) is 0 Å². The van der Waals surface area contributed by atoms with Gasteiger partial charge in [-0.3, -0.25) is 0 Å². The first-order chi connectivity index (χ1) is 40.7. The summed E-state index contributed by atoms with van der Waals surface area (Å²) in [6.07, 6.45) is 0. The van der Waals surface area contributed by atoms with Crippen molar-refractivity contribution in [3.05, 3.63) is 315 Å². The molecule has 16 aromatic carbocycles. The lowest BCUT2D eigenvalue weighted by molar-refractivity contribution is 1.56. The van der Waals surface area contributed by atoms with Crippen LogP contribution in [0.3, 0.4) is 0 Å². The third-order valence-electron chi connectivity index (χ3n) is 17.2. The van der Waals surface area contributed by atoms with Crippen molar-refractivity contribution < 1.29 is 0 Å². The molecule has 0 heteroatoms. The molecule has 0 aliphatic heterocycles. The minimum atomic E-state index is 1.16. The lowest BCUT2D eigenvalue weighted by Gasteiger charge is -2.25. The Hall–Kier alpha value is -10.7. The fourth-order valence-corrected chi connectivity index (χ4v) is 13.6. The molecule has 16 rings (SSSR count). The normalized spacial score (nSPS) is 11.7. The highest BCUT2D eigenvalue weighted by atomic mass is 14.3. The zero-order valence-corrected chi connectivity index (χ0v) is 45.0. The summed E-state index contributed by atoms with van der Waals surface area (Å²) in [5, 5.41) is 17.4. The van der Waals surface area contributed by atoms with Gasteiger partial charge in [-0.2, -0.15) is 0 Å². The fraction of sp³-hybridized carbons (Fsp3) is 0. The molecule has 0 N–H and O–H groups in total. The van der Waals surface area contributed by atoms with E-state index in [9.17, 15) is 0 Å². The Bertz CT molecular complexity index is 4720. The molecule has 0 heterocycles. The molecule has 82 heavy (non-hydrogen) atoms. The maximum absolute atomic E-state index is 2.38. The van der Waals surface area contributed by atoms with Crippen molar-refractivity contribution in [3.63, 3.8) is 0 Å². The second-order valence-electron chi connectivity index (χ2n) is 21.7. The average molecular weight is 1040 g/mol. The Balaban J connectivity index is 0.920. The van der Waals surface area contributed by atoms with E-state index in [2.05, 4.69) is 315 Å². The van der Waals surface area contributed by atoms with Gasteiger partial charge in [0.25, 0.3) is 0 Å². The molecule has 0 saturated heterocycles. The van der Waals surface area contributed by atoms with Crippen molar-refractivity contribution in [2.24, 2.45) is 0 Å². The maximum Gasteiger partial charge on any atom is -0.00141 e. The van der Waals surface area contributed by atoms with E-state index < -0.39 is 0 Å². The topological polar surface area (TPSA) is 0 Å². The second kappa shape index (κ2) is 19.6. The van der Waals surface area contributed by atoms with Crippen LogP contribution < -0.4 is 0 Å². The summed E-state index contributed by atoms with van der Waals surface area (Å²) in [7, 11) is 0. The van der Waals surface area contributed by atoms with Crippen molar-refractivity contribution in [2.75, 3.05) is 0 Å². The SMILES string of the molecule is c1ccc(-c2c(-c3ccc(-c4c5ccccc5c(-c5ccc6ccccc6c5)c5ccccc45)cc3)c(-c3ccc(-c4c5ccccc5c(-c5ccc6ccccc6c5)c5ccccc45)cc3)c(-c3ccccc3)c3ccccc23)cc1. The van der Waals surface area contributed by atoms with Crippen LogP contribution in [0.25, 0.3) is 164 Å². The lowest BCUT2D eigenvalue weighted by Crippen LogP contribution is -1.98. The molecule has 0 unspecified atom stereocenters. The summed E-state index contributed by atoms with van der Waals surface area (Å²) >= 11 is 0. The third-order valence-corrected chi connectivity index (χ3v) is 17.2. The molecule has 0 aliphatic rings. The zero-order chi connectivity index (χ0) is 54.1. The van der Waals surface area contributed by atoms with Crippen LogP contribution in [0.4, 0.5) is 0 Å². The van der Waals surface area contributed by atoms with Crippen molar-refractivity contribution in [1.82, 2.24) is 0 Å². The molecule has 0 nitrogen and oxygen atoms in total. The highest BCUT2D eigenvalue weighted by Gasteiger charge is 2.26. The molecular weight excluding hydrogens is 985 g/mol. The molecule has 0 amide bonds. The van der Waals surface area contributed by atoms with Gasteiger partial charge in [-0.05, 0) is 177 Å². The van der Waals surface area contributed by atoms with Crippen LogP contribution in [0.1, 0.15) is 0 Å². The Morgan fingerprint density at radius 3 is 0.598 bits per heavy atom. The zero-order valence-electron chi connectivity index (χ0n) is 45.0. The number of fused-ring (bicyclic) bond motifs is 7. The van der Waals surface area contributed by atoms with Gasteiger partial charge in [-0.25, -0.2) is 0 Å². The number of hydrogen-bond donors (Lipinski definition) is 0. The van der Waals surface area contributed by atoms with Crippen LogP contribution in [0, 0.1) is 0 Å². The molecule has 0 bridgehead atoms. The molecule has 0 atom stereocenters. The van der Waals surface area contributed by atoms with Gasteiger partial charge >= 0.3 is 0 Å². The van der Waals surface area contributed by atoms with E-state index in [4.69, 9.17) is 0 Å². The van der Waals surface area contributed by atoms with Gasteiger partial charge in [-0.15, -0.1) is 0 Å². The van der Waals surface area contributed by atoms with Gasteiger partial charge in [0.1, 0.15) is 0 Å². The van der Waals surface area contributed by atoms with Crippen molar-refractivity contribution in [2.45, 2.75) is 0 Å². The van der Waals surface area contributed by atoms with Crippen LogP contribution in [0.5, 0.6) is 0 Å². The third kappa shape index (κ3) is 7.76. The molecule has 0 aromatic heterocycles. The molecule has 16 aromatic rings. The Morgan fingerprint density at radius 2 is 0.305 bits per heavy atom. The van der Waals surface area contributed by atoms with Gasteiger partial charge in [-0.1, -0.05) is 303 Å². The quantitative estimate of drug-likeness (QED) is 0.133. The minimum absolute atomic E-state index is 1.16. The van der Waals surface area contributed by atoms with E-state index in [0.29, 0.717) is 0 Å². The molecular formula is C82H52. The Labute approximate surface area is 477 Å². The molecule has 0 radical (unpaired) electrons. The first-order valence-electron chi connectivity index (χ1n) is 28.5. The second-order valence-corrected chi connectivity index (χ2v) is 21.7. The van der Waals surface area contributed by atoms with Crippen molar-refractivity contribution in [3.8, 4) is 89.0 Å². The van der Waals surface area contributed by atoms with Gasteiger partial charge in [0.05, 0.1) is 0 Å². The summed E-state index contributed by atoms with van der Waals surface area (Å²) in [4.78, 5) is 0. The highest BCUT2D eigenvalue weighted by molar-refractivity contribution is 6.24. The standard InChI is InChI=1S/C82H52/c1-3-23-55(24-4-1)79-73-37-19-20-38-74(73)80(56-25-5-2-6-26-56)82(60-47-43-58(44-48-60)76-67-31-13-17-35-71(67)78(72-36-18-14-32-68(72)76)64-50-40-54-22-8-10-28-62(54)52-64)81(79)59-45-41-57(42-46-59)75-65-29-11-15-33-69(65)77(70-34-16-12-30-66(70)75)63-49-39-53-21-7-9-27-61(53)51-63/h1-52H.